The van der Waals surface area contributed by atoms with E-state index in [4.69, 9.17) is 0 Å². The Morgan fingerprint density at radius 1 is 1.25 bits per heavy atom. The van der Waals surface area contributed by atoms with Crippen molar-refractivity contribution >= 4 is 5.96 Å². The third-order valence-corrected chi connectivity index (χ3v) is 1.64. The summed E-state index contributed by atoms with van der Waals surface area (Å²) in [6.07, 6.45) is 7.81. The second-order valence-electron chi connectivity index (χ2n) is 2.49. The molecule has 0 fully saturated rings. The van der Waals surface area contributed by atoms with Gasteiger partial charge in [-0.15, -0.1) is 4.99 Å². The summed E-state index contributed by atoms with van der Waals surface area (Å²) in [4.78, 5) is 4.28. The fourth-order valence-electron chi connectivity index (χ4n) is 1.07. The number of aromatic nitrogens is 1. The van der Waals surface area contributed by atoms with Crippen LogP contribution in [0.3, 0.4) is 0 Å². The van der Waals surface area contributed by atoms with E-state index in [9.17, 15) is 0 Å². The summed E-state index contributed by atoms with van der Waals surface area (Å²) in [7, 11) is 0. The summed E-state index contributed by atoms with van der Waals surface area (Å²) in [5.41, 5.74) is 0. The number of hydrogen-bond acceptors (Lipinski definition) is 2. The lowest BCUT2D eigenvalue weighted by atomic mass is 10.5. The zero-order valence-corrected chi connectivity index (χ0v) is 6.64. The van der Waals surface area contributed by atoms with Crippen LogP contribution >= 0.6 is 0 Å². The maximum atomic E-state index is 4.28. The molecule has 1 aromatic heterocycles. The van der Waals surface area contributed by atoms with Gasteiger partial charge in [0.2, 0.25) is 0 Å². The van der Waals surface area contributed by atoms with Crippen molar-refractivity contribution in [1.82, 2.24) is 5.32 Å². The summed E-state index contributed by atoms with van der Waals surface area (Å²) < 4.78 is 1.95. The predicted octanol–water partition coefficient (Wildman–Crippen LogP) is 0.295. The van der Waals surface area contributed by atoms with Gasteiger partial charge in [0.05, 0.1) is 18.6 Å². The smallest absolute Gasteiger partial charge is 0.249 e. The molecule has 12 heavy (non-hydrogen) atoms. The van der Waals surface area contributed by atoms with Crippen LogP contribution in [0, 0.1) is 0 Å². The number of pyridine rings is 1. The van der Waals surface area contributed by atoms with Crippen LogP contribution in [-0.4, -0.2) is 12.5 Å². The lowest BCUT2D eigenvalue weighted by molar-refractivity contribution is -0.559. The van der Waals surface area contributed by atoms with Crippen LogP contribution in [0.25, 0.3) is 0 Å². The van der Waals surface area contributed by atoms with Gasteiger partial charge in [-0.25, -0.2) is 9.88 Å². The molecule has 60 valence electrons. The van der Waals surface area contributed by atoms with Gasteiger partial charge in [-0.05, 0) is 18.2 Å². The fraction of sp³-hybridized carbons (Fsp3) is 0.111. The van der Waals surface area contributed by atoms with Crippen molar-refractivity contribution in [3.63, 3.8) is 0 Å². The van der Waals surface area contributed by atoms with E-state index in [-0.39, 0.29) is 0 Å². The van der Waals surface area contributed by atoms with Gasteiger partial charge in [-0.1, -0.05) is 6.07 Å². The zero-order valence-electron chi connectivity index (χ0n) is 6.64. The Bertz CT molecular complexity index is 314. The molecular formula is C9H10N3+. The highest BCUT2D eigenvalue weighted by Crippen LogP contribution is 1.83. The Hall–Kier alpha value is -1.64. The van der Waals surface area contributed by atoms with Crippen molar-refractivity contribution in [1.29, 1.82) is 0 Å². The van der Waals surface area contributed by atoms with Crippen molar-refractivity contribution in [2.75, 3.05) is 6.54 Å². The van der Waals surface area contributed by atoms with Crippen molar-refractivity contribution in [3.8, 4) is 0 Å². The van der Waals surface area contributed by atoms with Crippen LogP contribution in [-0.2, 0) is 0 Å². The van der Waals surface area contributed by atoms with Gasteiger partial charge in [0.1, 0.15) is 6.54 Å². The Kier molecular flexibility index (Phi) is 1.86. The molecule has 1 aromatic rings. The molecule has 0 saturated heterocycles. The van der Waals surface area contributed by atoms with Gasteiger partial charge in [0.25, 0.3) is 0 Å². The number of nitrogens with zero attached hydrogens (tertiary/aromatic N) is 2. The van der Waals surface area contributed by atoms with Gasteiger partial charge in [0.15, 0.2) is 0 Å². The minimum absolute atomic E-state index is 0.754. The van der Waals surface area contributed by atoms with Crippen LogP contribution < -0.4 is 9.88 Å². The molecule has 0 saturated carbocycles. The van der Waals surface area contributed by atoms with Gasteiger partial charge in [0, 0.05) is 0 Å². The van der Waals surface area contributed by atoms with Crippen LogP contribution in [0.15, 0.2) is 47.9 Å². The van der Waals surface area contributed by atoms with Gasteiger partial charge >= 0.3 is 5.96 Å². The molecule has 0 atom stereocenters. The number of hydrogen-bond donors (Lipinski definition) is 1. The highest BCUT2D eigenvalue weighted by Gasteiger charge is 2.09. The normalized spacial score (nSPS) is 15.2. The molecule has 1 aliphatic heterocycles. The van der Waals surface area contributed by atoms with E-state index in [0.717, 1.165) is 12.5 Å². The van der Waals surface area contributed by atoms with E-state index in [0.29, 0.717) is 0 Å². The summed E-state index contributed by atoms with van der Waals surface area (Å²) >= 11 is 0. The van der Waals surface area contributed by atoms with E-state index >= 15 is 0 Å². The van der Waals surface area contributed by atoms with E-state index in [1.807, 2.05) is 47.4 Å². The van der Waals surface area contributed by atoms with Crippen molar-refractivity contribution in [3.05, 3.63) is 42.9 Å². The number of nitrogens with one attached hydrogen (secondary N) is 1. The third-order valence-electron chi connectivity index (χ3n) is 1.64. The minimum atomic E-state index is 0.754. The molecule has 2 rings (SSSR count). The molecule has 0 aromatic carbocycles. The molecule has 0 aliphatic carbocycles. The highest BCUT2D eigenvalue weighted by atomic mass is 15.2. The molecule has 1 N–H and O–H groups in total. The van der Waals surface area contributed by atoms with Crippen molar-refractivity contribution in [2.45, 2.75) is 0 Å². The Morgan fingerprint density at radius 3 is 2.75 bits per heavy atom. The summed E-state index contributed by atoms with van der Waals surface area (Å²) in [5.74, 6) is 0.873. The summed E-state index contributed by atoms with van der Waals surface area (Å²) in [5, 5.41) is 3.07. The average molecular weight is 160 g/mol. The molecule has 0 unspecified atom stereocenters. The zero-order chi connectivity index (χ0) is 8.23. The summed E-state index contributed by atoms with van der Waals surface area (Å²) in [6.45, 7) is 0.754. The van der Waals surface area contributed by atoms with Crippen molar-refractivity contribution < 1.29 is 4.57 Å². The monoisotopic (exact) mass is 160 g/mol. The fourth-order valence-corrected chi connectivity index (χ4v) is 1.07. The molecule has 1 aliphatic rings. The lowest BCUT2D eigenvalue weighted by Gasteiger charge is -2.01. The Balaban J connectivity index is 2.26. The maximum absolute atomic E-state index is 4.28. The van der Waals surface area contributed by atoms with E-state index in [1.54, 1.807) is 0 Å². The number of aliphatic imine (C=N–C) groups is 1. The molecule has 0 radical (unpaired) electrons. The predicted molar refractivity (Wildman–Crippen MR) is 46.6 cm³/mol. The van der Waals surface area contributed by atoms with E-state index < -0.39 is 0 Å². The maximum Gasteiger partial charge on any atom is 0.395 e. The first kappa shape index (κ1) is 7.03. The standard InChI is InChI=1S/C9H10N3/c1-2-7-12(8-3-1)9-10-5-4-6-11-9/h1-5,7-8H,6H2,(H,10,11)/q+1. The SMILES string of the molecule is C1=CNC([n+]2ccccc2)=NC1. The summed E-state index contributed by atoms with van der Waals surface area (Å²) in [6, 6.07) is 5.93. The van der Waals surface area contributed by atoms with Gasteiger partial charge in [-0.2, -0.15) is 0 Å². The lowest BCUT2D eigenvalue weighted by Crippen LogP contribution is -2.50. The van der Waals surface area contributed by atoms with Gasteiger partial charge in [-0.3, -0.25) is 0 Å². The first-order chi connectivity index (χ1) is 5.97. The second-order valence-corrected chi connectivity index (χ2v) is 2.49. The molecule has 2 heterocycles. The van der Waals surface area contributed by atoms with Crippen molar-refractivity contribution in [2.24, 2.45) is 4.99 Å². The molecule has 0 spiro atoms. The minimum Gasteiger partial charge on any atom is -0.249 e. The quantitative estimate of drug-likeness (QED) is 0.543. The molecule has 3 heteroatoms. The first-order valence-corrected chi connectivity index (χ1v) is 3.89. The van der Waals surface area contributed by atoms with Gasteiger partial charge < -0.3 is 0 Å². The number of rotatable bonds is 0. The highest BCUT2D eigenvalue weighted by molar-refractivity contribution is 5.72. The largest absolute Gasteiger partial charge is 0.395 e. The Labute approximate surface area is 71.1 Å². The first-order valence-electron chi connectivity index (χ1n) is 3.89. The molecule has 0 amide bonds. The average Bonchev–Trinajstić information content (AvgIpc) is 2.21. The van der Waals surface area contributed by atoms with Crippen LogP contribution in [0.1, 0.15) is 0 Å². The second kappa shape index (κ2) is 3.17. The van der Waals surface area contributed by atoms with Crippen LogP contribution in [0.5, 0.6) is 0 Å². The topological polar surface area (TPSA) is 28.3 Å². The molecular weight excluding hydrogens is 150 g/mol. The third kappa shape index (κ3) is 1.34. The molecule has 0 bridgehead atoms. The van der Waals surface area contributed by atoms with Crippen LogP contribution in [0.2, 0.25) is 0 Å². The van der Waals surface area contributed by atoms with E-state index in [2.05, 4.69) is 10.3 Å². The van der Waals surface area contributed by atoms with Crippen LogP contribution in [0.4, 0.5) is 0 Å². The Morgan fingerprint density at radius 2 is 2.08 bits per heavy atom. The molecule has 3 nitrogen and oxygen atoms in total. The van der Waals surface area contributed by atoms with E-state index in [1.165, 1.54) is 0 Å².